The minimum atomic E-state index is 0.659. The van der Waals surface area contributed by atoms with Gasteiger partial charge in [0.1, 0.15) is 0 Å². The molecule has 0 spiro atoms. The molecule has 2 rings (SSSR count). The highest BCUT2D eigenvalue weighted by Crippen LogP contribution is 2.40. The van der Waals surface area contributed by atoms with Crippen molar-refractivity contribution in [2.24, 2.45) is 5.92 Å². The molecule has 3 atom stereocenters. The first kappa shape index (κ1) is 11.0. The molecular formula is C11H24N2. The molecule has 1 aliphatic heterocycles. The first-order valence-electron chi connectivity index (χ1n) is 5.65. The second-order valence-corrected chi connectivity index (χ2v) is 4.33. The summed E-state index contributed by atoms with van der Waals surface area (Å²) in [5.41, 5.74) is 0. The number of nitrogens with one attached hydrogen (secondary N) is 1. The second-order valence-electron chi connectivity index (χ2n) is 4.33. The van der Waals surface area contributed by atoms with Gasteiger partial charge in [-0.05, 0) is 13.5 Å². The molecule has 0 aromatic heterocycles. The monoisotopic (exact) mass is 184 g/mol. The Morgan fingerprint density at radius 3 is 2.23 bits per heavy atom. The summed E-state index contributed by atoms with van der Waals surface area (Å²) >= 11 is 0. The number of nitrogens with zero attached hydrogens (tertiary/aromatic N) is 1. The van der Waals surface area contributed by atoms with E-state index in [1.165, 1.54) is 13.0 Å². The highest BCUT2D eigenvalue weighted by Gasteiger charge is 2.50. The second kappa shape index (κ2) is 4.43. The Balaban J connectivity index is 0.000000396. The molecule has 0 aromatic rings. The van der Waals surface area contributed by atoms with Gasteiger partial charge in [-0.2, -0.15) is 0 Å². The van der Waals surface area contributed by atoms with Crippen LogP contribution in [0.15, 0.2) is 0 Å². The zero-order valence-corrected chi connectivity index (χ0v) is 9.67. The van der Waals surface area contributed by atoms with Crippen LogP contribution in [0.25, 0.3) is 0 Å². The lowest BCUT2D eigenvalue weighted by Gasteiger charge is -2.59. The number of piperidine rings is 1. The third kappa shape index (κ3) is 2.05. The van der Waals surface area contributed by atoms with Crippen molar-refractivity contribution in [3.05, 3.63) is 0 Å². The molecule has 1 saturated carbocycles. The molecule has 0 bridgehead atoms. The summed E-state index contributed by atoms with van der Waals surface area (Å²) in [4.78, 5) is 2.46. The van der Waals surface area contributed by atoms with Gasteiger partial charge in [-0.15, -0.1) is 0 Å². The van der Waals surface area contributed by atoms with Crippen LogP contribution in [0, 0.1) is 5.92 Å². The maximum Gasteiger partial charge on any atom is 0.0163 e. The molecule has 78 valence electrons. The van der Waals surface area contributed by atoms with Crippen molar-refractivity contribution >= 4 is 0 Å². The van der Waals surface area contributed by atoms with Gasteiger partial charge in [-0.1, -0.05) is 27.7 Å². The summed E-state index contributed by atoms with van der Waals surface area (Å²) < 4.78 is 0. The Kier molecular flexibility index (Phi) is 3.74. The van der Waals surface area contributed by atoms with Gasteiger partial charge in [-0.25, -0.2) is 0 Å². The summed E-state index contributed by atoms with van der Waals surface area (Å²) in [6.07, 6.45) is 1.37. The maximum absolute atomic E-state index is 3.60. The number of hydrogen-bond acceptors (Lipinski definition) is 2. The fourth-order valence-corrected chi connectivity index (χ4v) is 2.39. The third-order valence-corrected chi connectivity index (χ3v) is 3.12. The molecule has 2 nitrogen and oxygen atoms in total. The molecule has 13 heavy (non-hydrogen) atoms. The summed E-state index contributed by atoms with van der Waals surface area (Å²) in [7, 11) is 2.23. The fourth-order valence-electron chi connectivity index (χ4n) is 2.39. The highest BCUT2D eigenvalue weighted by atomic mass is 15.3. The fraction of sp³-hybridized carbons (Fsp3) is 1.00. The van der Waals surface area contributed by atoms with Crippen LogP contribution in [0.2, 0.25) is 0 Å². The minimum absolute atomic E-state index is 0.659. The Hall–Kier alpha value is -0.0800. The normalized spacial score (nSPS) is 36.9. The van der Waals surface area contributed by atoms with Gasteiger partial charge in [0.15, 0.2) is 0 Å². The van der Waals surface area contributed by atoms with Crippen LogP contribution in [0.3, 0.4) is 0 Å². The van der Waals surface area contributed by atoms with Crippen LogP contribution < -0.4 is 5.32 Å². The van der Waals surface area contributed by atoms with E-state index in [1.54, 1.807) is 0 Å². The molecule has 0 aromatic carbocycles. The van der Waals surface area contributed by atoms with Crippen LogP contribution >= 0.6 is 0 Å². The Labute approximate surface area is 82.7 Å². The average molecular weight is 184 g/mol. The van der Waals surface area contributed by atoms with Gasteiger partial charge in [0.25, 0.3) is 0 Å². The number of rotatable bonds is 2. The van der Waals surface area contributed by atoms with E-state index < -0.39 is 0 Å². The molecule has 2 heteroatoms. The standard InChI is InChI=1S/C9H18N2.C2H6/c1-6(2)10-8-4-9-7(8)5-11(9)3;1-2/h6-10H,4-5H2,1-3H3;1-2H3. The van der Waals surface area contributed by atoms with Crippen LogP contribution in [0.4, 0.5) is 0 Å². The quantitative estimate of drug-likeness (QED) is 0.703. The van der Waals surface area contributed by atoms with Gasteiger partial charge in [-0.3, -0.25) is 0 Å². The number of fused-ring (bicyclic) bond motifs is 1. The van der Waals surface area contributed by atoms with Crippen molar-refractivity contribution in [2.75, 3.05) is 13.6 Å². The van der Waals surface area contributed by atoms with E-state index in [2.05, 4.69) is 31.1 Å². The summed E-state index contributed by atoms with van der Waals surface area (Å²) in [6.45, 7) is 9.78. The maximum atomic E-state index is 3.60. The van der Waals surface area contributed by atoms with E-state index in [0.717, 1.165) is 18.0 Å². The Morgan fingerprint density at radius 2 is 1.92 bits per heavy atom. The molecule has 0 amide bonds. The molecule has 1 heterocycles. The summed E-state index contributed by atoms with van der Waals surface area (Å²) in [6, 6.07) is 2.41. The molecule has 1 saturated heterocycles. The predicted octanol–water partition coefficient (Wildman–Crippen LogP) is 1.71. The topological polar surface area (TPSA) is 15.3 Å². The largest absolute Gasteiger partial charge is 0.311 e. The summed E-state index contributed by atoms with van der Waals surface area (Å²) in [5.74, 6) is 0.974. The minimum Gasteiger partial charge on any atom is -0.311 e. The third-order valence-electron chi connectivity index (χ3n) is 3.12. The Bertz CT molecular complexity index is 156. The Morgan fingerprint density at radius 1 is 1.31 bits per heavy atom. The van der Waals surface area contributed by atoms with Gasteiger partial charge < -0.3 is 10.2 Å². The predicted molar refractivity (Wildman–Crippen MR) is 57.9 cm³/mol. The number of likely N-dealkylation sites (tertiary alicyclic amines) is 1. The van der Waals surface area contributed by atoms with E-state index in [1.807, 2.05) is 13.8 Å². The van der Waals surface area contributed by atoms with Crippen LogP contribution in [-0.2, 0) is 0 Å². The lowest BCUT2D eigenvalue weighted by Crippen LogP contribution is -2.71. The smallest absolute Gasteiger partial charge is 0.0163 e. The summed E-state index contributed by atoms with van der Waals surface area (Å²) in [5, 5.41) is 3.60. The van der Waals surface area contributed by atoms with Crippen molar-refractivity contribution in [3.63, 3.8) is 0 Å². The first-order valence-corrected chi connectivity index (χ1v) is 5.65. The van der Waals surface area contributed by atoms with Crippen molar-refractivity contribution in [1.29, 1.82) is 0 Å². The molecule has 0 radical (unpaired) electrons. The lowest BCUT2D eigenvalue weighted by molar-refractivity contribution is -0.0712. The lowest BCUT2D eigenvalue weighted by atomic mass is 9.67. The molecular weight excluding hydrogens is 160 g/mol. The van der Waals surface area contributed by atoms with E-state index >= 15 is 0 Å². The average Bonchev–Trinajstić information content (AvgIpc) is 2.10. The zero-order chi connectivity index (χ0) is 10.0. The van der Waals surface area contributed by atoms with Crippen LogP contribution in [-0.4, -0.2) is 36.6 Å². The van der Waals surface area contributed by atoms with Crippen molar-refractivity contribution in [1.82, 2.24) is 10.2 Å². The zero-order valence-electron chi connectivity index (χ0n) is 9.67. The van der Waals surface area contributed by atoms with Crippen LogP contribution in [0.5, 0.6) is 0 Å². The van der Waals surface area contributed by atoms with Gasteiger partial charge in [0.2, 0.25) is 0 Å². The van der Waals surface area contributed by atoms with E-state index in [4.69, 9.17) is 0 Å². The van der Waals surface area contributed by atoms with Crippen molar-refractivity contribution in [3.8, 4) is 0 Å². The van der Waals surface area contributed by atoms with Crippen molar-refractivity contribution < 1.29 is 0 Å². The highest BCUT2D eigenvalue weighted by molar-refractivity contribution is 5.07. The molecule has 2 fully saturated rings. The first-order chi connectivity index (χ1) is 6.18. The van der Waals surface area contributed by atoms with E-state index in [0.29, 0.717) is 6.04 Å². The SMILES string of the molecule is CC.CC(C)NC1CC2C1CN2C. The van der Waals surface area contributed by atoms with E-state index in [9.17, 15) is 0 Å². The molecule has 2 aliphatic rings. The van der Waals surface area contributed by atoms with Crippen LogP contribution in [0.1, 0.15) is 34.1 Å². The molecule has 1 aliphatic carbocycles. The van der Waals surface area contributed by atoms with Gasteiger partial charge >= 0.3 is 0 Å². The molecule has 1 N–H and O–H groups in total. The number of hydrogen-bond donors (Lipinski definition) is 1. The van der Waals surface area contributed by atoms with Gasteiger partial charge in [0.05, 0.1) is 0 Å². The van der Waals surface area contributed by atoms with Crippen molar-refractivity contribution in [2.45, 2.75) is 52.2 Å². The molecule has 3 unspecified atom stereocenters. The van der Waals surface area contributed by atoms with Gasteiger partial charge in [0, 0.05) is 30.6 Å². The van der Waals surface area contributed by atoms with E-state index in [-0.39, 0.29) is 0 Å².